The summed E-state index contributed by atoms with van der Waals surface area (Å²) < 4.78 is 60.8. The zero-order chi connectivity index (χ0) is 25.6. The molecule has 0 atom stereocenters. The quantitative estimate of drug-likeness (QED) is 0.400. The Morgan fingerprint density at radius 3 is 2.39 bits per heavy atom. The fourth-order valence-electron chi connectivity index (χ4n) is 4.34. The highest BCUT2D eigenvalue weighted by Crippen LogP contribution is 2.35. The third-order valence-corrected chi connectivity index (χ3v) is 6.01. The number of hydrogen-bond donors (Lipinski definition) is 2. The molecule has 1 fully saturated rings. The van der Waals surface area contributed by atoms with E-state index in [0.717, 1.165) is 12.1 Å². The van der Waals surface area contributed by atoms with Crippen molar-refractivity contribution >= 4 is 33.6 Å². The molecule has 7 nitrogen and oxygen atoms in total. The summed E-state index contributed by atoms with van der Waals surface area (Å²) >= 11 is 0. The molecule has 0 aliphatic carbocycles. The molecule has 36 heavy (non-hydrogen) atoms. The molecular formula is C25H19F4N3O4. The van der Waals surface area contributed by atoms with Crippen LogP contribution in [0, 0.1) is 5.82 Å². The van der Waals surface area contributed by atoms with Gasteiger partial charge in [0.15, 0.2) is 11.6 Å². The number of nitrogens with one attached hydrogen (secondary N) is 1. The predicted octanol–water partition coefficient (Wildman–Crippen LogP) is 4.60. The monoisotopic (exact) mass is 501 g/mol. The van der Waals surface area contributed by atoms with Crippen LogP contribution in [0.5, 0.6) is 5.75 Å². The molecule has 186 valence electrons. The number of nitrogens with two attached hydrogens (primary N) is 1. The molecule has 0 saturated carbocycles. The number of aromatic amines is 1. The number of halogens is 4. The van der Waals surface area contributed by atoms with Gasteiger partial charge in [-0.1, -0.05) is 12.1 Å². The Labute approximate surface area is 201 Å². The first-order chi connectivity index (χ1) is 17.1. The molecule has 4 aromatic rings. The van der Waals surface area contributed by atoms with Crippen molar-refractivity contribution in [3.05, 3.63) is 65.5 Å². The number of amides is 2. The fourth-order valence-corrected chi connectivity index (χ4v) is 4.34. The first-order valence-corrected chi connectivity index (χ1v) is 10.9. The van der Waals surface area contributed by atoms with Gasteiger partial charge in [0.2, 0.25) is 0 Å². The third kappa shape index (κ3) is 4.44. The highest BCUT2D eigenvalue weighted by molar-refractivity contribution is 6.17. The van der Waals surface area contributed by atoms with Gasteiger partial charge in [0, 0.05) is 34.9 Å². The van der Waals surface area contributed by atoms with E-state index in [1.165, 1.54) is 12.1 Å². The zero-order valence-electron chi connectivity index (χ0n) is 18.6. The standard InChI is InChI=1S/C25H19F4N3O4/c26-19-11-13(2-4-21(19)36-25(27,28)29)15-9-17-16-3-1-14(24(34)32-5-7-35-8-6-32)12-20(16)31-22(17)18(10-15)23(30)33/h1-4,9-12,31H,5-8H2,(H2,30,33). The van der Waals surface area contributed by atoms with Crippen LogP contribution in [0.3, 0.4) is 0 Å². The lowest BCUT2D eigenvalue weighted by atomic mass is 9.98. The van der Waals surface area contributed by atoms with Crippen molar-refractivity contribution in [2.75, 3.05) is 26.3 Å². The van der Waals surface area contributed by atoms with Crippen LogP contribution in [0.1, 0.15) is 20.7 Å². The number of alkyl halides is 3. The van der Waals surface area contributed by atoms with E-state index in [4.69, 9.17) is 10.5 Å². The summed E-state index contributed by atoms with van der Waals surface area (Å²) in [5.74, 6) is -3.08. The normalized spacial score (nSPS) is 14.4. The summed E-state index contributed by atoms with van der Waals surface area (Å²) in [5.41, 5.74) is 7.76. The number of hydrogen-bond acceptors (Lipinski definition) is 4. The second kappa shape index (κ2) is 8.83. The van der Waals surface area contributed by atoms with Gasteiger partial charge in [-0.05, 0) is 47.5 Å². The van der Waals surface area contributed by atoms with Gasteiger partial charge in [-0.3, -0.25) is 9.59 Å². The lowest BCUT2D eigenvalue weighted by Gasteiger charge is -2.26. The minimum absolute atomic E-state index is 0.107. The molecule has 11 heteroatoms. The van der Waals surface area contributed by atoms with Crippen LogP contribution in [-0.2, 0) is 4.74 Å². The number of carbonyl (C=O) groups is 2. The Morgan fingerprint density at radius 2 is 1.72 bits per heavy atom. The molecule has 5 rings (SSSR count). The predicted molar refractivity (Wildman–Crippen MR) is 123 cm³/mol. The number of fused-ring (bicyclic) bond motifs is 3. The van der Waals surface area contributed by atoms with E-state index in [1.54, 1.807) is 29.2 Å². The number of nitrogens with zero attached hydrogens (tertiary/aromatic N) is 1. The summed E-state index contributed by atoms with van der Waals surface area (Å²) in [4.78, 5) is 30.0. The fraction of sp³-hybridized carbons (Fsp3) is 0.200. The molecule has 0 spiro atoms. The second-order valence-corrected chi connectivity index (χ2v) is 8.29. The minimum Gasteiger partial charge on any atom is -0.403 e. The van der Waals surface area contributed by atoms with Gasteiger partial charge in [0.05, 0.1) is 24.3 Å². The van der Waals surface area contributed by atoms with Crippen LogP contribution in [0.4, 0.5) is 17.6 Å². The van der Waals surface area contributed by atoms with E-state index < -0.39 is 23.8 Å². The SMILES string of the molecule is NC(=O)c1cc(-c2ccc(OC(F)(F)F)c(F)c2)cc2c1[nH]c1cc(C(=O)N3CCOCC3)ccc12. The maximum atomic E-state index is 14.3. The van der Waals surface area contributed by atoms with Crippen molar-refractivity contribution in [3.63, 3.8) is 0 Å². The molecule has 1 saturated heterocycles. The first kappa shape index (κ1) is 23.6. The minimum atomic E-state index is -5.04. The molecule has 1 aliphatic heterocycles. The number of primary amides is 1. The third-order valence-electron chi connectivity index (χ3n) is 6.01. The molecule has 0 radical (unpaired) electrons. The summed E-state index contributed by atoms with van der Waals surface area (Å²) in [6, 6.07) is 11.2. The topological polar surface area (TPSA) is 97.7 Å². The van der Waals surface area contributed by atoms with Crippen molar-refractivity contribution in [1.29, 1.82) is 0 Å². The summed E-state index contributed by atoms with van der Waals surface area (Å²) in [5, 5.41) is 1.27. The smallest absolute Gasteiger partial charge is 0.403 e. The maximum absolute atomic E-state index is 14.3. The molecular weight excluding hydrogens is 482 g/mol. The molecule has 0 unspecified atom stereocenters. The molecule has 2 heterocycles. The van der Waals surface area contributed by atoms with E-state index in [-0.39, 0.29) is 17.0 Å². The molecule has 0 bridgehead atoms. The van der Waals surface area contributed by atoms with Gasteiger partial charge < -0.3 is 25.1 Å². The average Bonchev–Trinajstić information content (AvgIpc) is 3.21. The Bertz CT molecular complexity index is 1510. The lowest BCUT2D eigenvalue weighted by molar-refractivity contribution is -0.275. The molecule has 1 aromatic heterocycles. The number of morpholine rings is 1. The van der Waals surface area contributed by atoms with Crippen molar-refractivity contribution < 1.29 is 36.6 Å². The number of benzene rings is 3. The zero-order valence-corrected chi connectivity index (χ0v) is 18.6. The maximum Gasteiger partial charge on any atom is 0.573 e. The second-order valence-electron chi connectivity index (χ2n) is 8.29. The Balaban J connectivity index is 1.59. The van der Waals surface area contributed by atoms with Crippen LogP contribution in [-0.4, -0.2) is 54.4 Å². The highest BCUT2D eigenvalue weighted by Gasteiger charge is 2.32. The van der Waals surface area contributed by atoms with Crippen molar-refractivity contribution in [3.8, 4) is 16.9 Å². The Hall–Kier alpha value is -4.12. The van der Waals surface area contributed by atoms with E-state index >= 15 is 0 Å². The molecule has 3 aromatic carbocycles. The number of carbonyl (C=O) groups excluding carboxylic acids is 2. The van der Waals surface area contributed by atoms with E-state index in [1.807, 2.05) is 0 Å². The van der Waals surface area contributed by atoms with Crippen molar-refractivity contribution in [2.45, 2.75) is 6.36 Å². The number of H-pyrrole nitrogens is 1. The number of rotatable bonds is 4. The van der Waals surface area contributed by atoms with Crippen LogP contribution < -0.4 is 10.5 Å². The average molecular weight is 501 g/mol. The van der Waals surface area contributed by atoms with Gasteiger partial charge in [0.1, 0.15) is 0 Å². The van der Waals surface area contributed by atoms with Crippen molar-refractivity contribution in [2.24, 2.45) is 5.73 Å². The number of ether oxygens (including phenoxy) is 2. The highest BCUT2D eigenvalue weighted by atomic mass is 19.4. The van der Waals surface area contributed by atoms with Crippen LogP contribution in [0.15, 0.2) is 48.5 Å². The Kier molecular flexibility index (Phi) is 5.79. The van der Waals surface area contributed by atoms with Gasteiger partial charge in [0.25, 0.3) is 11.8 Å². The lowest BCUT2D eigenvalue weighted by Crippen LogP contribution is -2.40. The number of aromatic nitrogens is 1. The van der Waals surface area contributed by atoms with E-state index in [2.05, 4.69) is 9.72 Å². The first-order valence-electron chi connectivity index (χ1n) is 10.9. The molecule has 3 N–H and O–H groups in total. The summed E-state index contributed by atoms with van der Waals surface area (Å²) in [7, 11) is 0. The summed E-state index contributed by atoms with van der Waals surface area (Å²) in [6.45, 7) is 1.91. The summed E-state index contributed by atoms with van der Waals surface area (Å²) in [6.07, 6.45) is -5.04. The largest absolute Gasteiger partial charge is 0.573 e. The van der Waals surface area contributed by atoms with Gasteiger partial charge >= 0.3 is 6.36 Å². The van der Waals surface area contributed by atoms with Gasteiger partial charge in [-0.2, -0.15) is 0 Å². The molecule has 1 aliphatic rings. The van der Waals surface area contributed by atoms with Gasteiger partial charge in [-0.15, -0.1) is 13.2 Å². The van der Waals surface area contributed by atoms with Crippen LogP contribution in [0.25, 0.3) is 32.9 Å². The molecule has 2 amide bonds. The van der Waals surface area contributed by atoms with E-state index in [9.17, 15) is 27.2 Å². The Morgan fingerprint density at radius 1 is 0.972 bits per heavy atom. The van der Waals surface area contributed by atoms with Crippen LogP contribution >= 0.6 is 0 Å². The van der Waals surface area contributed by atoms with E-state index in [0.29, 0.717) is 59.2 Å². The van der Waals surface area contributed by atoms with Gasteiger partial charge in [-0.25, -0.2) is 4.39 Å². The van der Waals surface area contributed by atoms with Crippen molar-refractivity contribution in [1.82, 2.24) is 9.88 Å². The van der Waals surface area contributed by atoms with Crippen LogP contribution in [0.2, 0.25) is 0 Å².